The second-order valence-corrected chi connectivity index (χ2v) is 5.40. The molecule has 3 nitrogen and oxygen atoms in total. The molecular formula is C13H26N2O. The molecular weight excluding hydrogens is 200 g/mol. The van der Waals surface area contributed by atoms with Crippen molar-refractivity contribution in [1.29, 1.82) is 0 Å². The van der Waals surface area contributed by atoms with Gasteiger partial charge in [0.25, 0.3) is 0 Å². The summed E-state index contributed by atoms with van der Waals surface area (Å²) in [6, 6.07) is 1.24. The molecule has 4 unspecified atom stereocenters. The SMILES string of the molecule is COC1CCCC1NCC1NCCCC1C. The predicted molar refractivity (Wildman–Crippen MR) is 66.6 cm³/mol. The number of methoxy groups -OCH3 is 1. The van der Waals surface area contributed by atoms with Gasteiger partial charge < -0.3 is 15.4 Å². The van der Waals surface area contributed by atoms with E-state index in [-0.39, 0.29) is 0 Å². The Morgan fingerprint density at radius 1 is 1.25 bits per heavy atom. The molecule has 1 saturated heterocycles. The van der Waals surface area contributed by atoms with Crippen LogP contribution in [-0.2, 0) is 4.74 Å². The monoisotopic (exact) mass is 226 g/mol. The van der Waals surface area contributed by atoms with E-state index in [0.29, 0.717) is 18.2 Å². The third-order valence-corrected chi connectivity index (χ3v) is 4.28. The first-order valence-electron chi connectivity index (χ1n) is 6.81. The third-order valence-electron chi connectivity index (χ3n) is 4.28. The van der Waals surface area contributed by atoms with Crippen molar-refractivity contribution in [3.05, 3.63) is 0 Å². The Bertz CT molecular complexity index is 208. The van der Waals surface area contributed by atoms with E-state index in [1.165, 1.54) is 38.6 Å². The summed E-state index contributed by atoms with van der Waals surface area (Å²) in [4.78, 5) is 0. The average molecular weight is 226 g/mol. The minimum atomic E-state index is 0.443. The fourth-order valence-corrected chi connectivity index (χ4v) is 3.11. The molecule has 1 aliphatic heterocycles. The van der Waals surface area contributed by atoms with Crippen molar-refractivity contribution < 1.29 is 4.74 Å². The van der Waals surface area contributed by atoms with Crippen LogP contribution in [0, 0.1) is 5.92 Å². The van der Waals surface area contributed by atoms with E-state index in [2.05, 4.69) is 17.6 Å². The Hall–Kier alpha value is -0.120. The van der Waals surface area contributed by atoms with Gasteiger partial charge in [-0.15, -0.1) is 0 Å². The normalized spacial score (nSPS) is 40.1. The second kappa shape index (κ2) is 5.99. The van der Waals surface area contributed by atoms with Gasteiger partial charge in [0.15, 0.2) is 0 Å². The molecule has 1 heterocycles. The molecule has 2 rings (SSSR count). The molecule has 2 aliphatic rings. The molecule has 0 aromatic heterocycles. The van der Waals surface area contributed by atoms with E-state index in [1.807, 2.05) is 7.11 Å². The second-order valence-electron chi connectivity index (χ2n) is 5.40. The maximum absolute atomic E-state index is 5.51. The van der Waals surface area contributed by atoms with Crippen LogP contribution >= 0.6 is 0 Å². The van der Waals surface area contributed by atoms with E-state index in [1.54, 1.807) is 0 Å². The number of hydrogen-bond donors (Lipinski definition) is 2. The molecule has 0 aromatic carbocycles. The van der Waals surface area contributed by atoms with Crippen molar-refractivity contribution in [2.45, 2.75) is 57.2 Å². The van der Waals surface area contributed by atoms with Crippen LogP contribution in [0.15, 0.2) is 0 Å². The Morgan fingerprint density at radius 3 is 2.88 bits per heavy atom. The molecule has 94 valence electrons. The number of rotatable bonds is 4. The van der Waals surface area contributed by atoms with Crippen molar-refractivity contribution in [3.63, 3.8) is 0 Å². The zero-order valence-corrected chi connectivity index (χ0v) is 10.7. The number of ether oxygens (including phenoxy) is 1. The van der Waals surface area contributed by atoms with Crippen molar-refractivity contribution in [3.8, 4) is 0 Å². The van der Waals surface area contributed by atoms with Crippen LogP contribution in [0.2, 0.25) is 0 Å². The van der Waals surface area contributed by atoms with Gasteiger partial charge in [0.2, 0.25) is 0 Å². The summed E-state index contributed by atoms with van der Waals surface area (Å²) >= 11 is 0. The van der Waals surface area contributed by atoms with Crippen molar-refractivity contribution in [2.24, 2.45) is 5.92 Å². The van der Waals surface area contributed by atoms with Gasteiger partial charge in [-0.2, -0.15) is 0 Å². The van der Waals surface area contributed by atoms with Crippen LogP contribution in [0.5, 0.6) is 0 Å². The lowest BCUT2D eigenvalue weighted by Gasteiger charge is -2.32. The smallest absolute Gasteiger partial charge is 0.0724 e. The Balaban J connectivity index is 1.73. The molecule has 1 aliphatic carbocycles. The van der Waals surface area contributed by atoms with Crippen molar-refractivity contribution >= 4 is 0 Å². The minimum Gasteiger partial charge on any atom is -0.380 e. The maximum atomic E-state index is 5.51. The summed E-state index contributed by atoms with van der Waals surface area (Å²) in [7, 11) is 1.84. The number of hydrogen-bond acceptors (Lipinski definition) is 3. The van der Waals surface area contributed by atoms with E-state index in [0.717, 1.165) is 12.5 Å². The highest BCUT2D eigenvalue weighted by molar-refractivity contribution is 4.87. The lowest BCUT2D eigenvalue weighted by Crippen LogP contribution is -2.50. The topological polar surface area (TPSA) is 33.3 Å². The van der Waals surface area contributed by atoms with Crippen LogP contribution in [0.25, 0.3) is 0 Å². The zero-order valence-electron chi connectivity index (χ0n) is 10.7. The molecule has 2 N–H and O–H groups in total. The highest BCUT2D eigenvalue weighted by atomic mass is 16.5. The molecule has 0 amide bonds. The summed E-state index contributed by atoms with van der Waals surface area (Å²) in [5.74, 6) is 0.809. The first-order valence-corrected chi connectivity index (χ1v) is 6.81. The van der Waals surface area contributed by atoms with Crippen LogP contribution in [0.1, 0.15) is 39.0 Å². The third kappa shape index (κ3) is 2.96. The van der Waals surface area contributed by atoms with Gasteiger partial charge >= 0.3 is 0 Å². The Morgan fingerprint density at radius 2 is 2.12 bits per heavy atom. The molecule has 0 bridgehead atoms. The van der Waals surface area contributed by atoms with Gasteiger partial charge in [-0.25, -0.2) is 0 Å². The van der Waals surface area contributed by atoms with E-state index in [4.69, 9.17) is 4.74 Å². The first kappa shape index (κ1) is 12.3. The molecule has 0 spiro atoms. The van der Waals surface area contributed by atoms with Gasteiger partial charge in [-0.3, -0.25) is 0 Å². The fourth-order valence-electron chi connectivity index (χ4n) is 3.11. The molecule has 0 aromatic rings. The molecule has 2 fully saturated rings. The summed E-state index contributed by atoms with van der Waals surface area (Å²) in [5.41, 5.74) is 0. The summed E-state index contributed by atoms with van der Waals surface area (Å²) in [5, 5.41) is 7.32. The molecule has 0 radical (unpaired) electrons. The number of piperidine rings is 1. The van der Waals surface area contributed by atoms with Gasteiger partial charge in [-0.1, -0.05) is 6.92 Å². The van der Waals surface area contributed by atoms with Crippen molar-refractivity contribution in [2.75, 3.05) is 20.2 Å². The Labute approximate surface area is 99.3 Å². The van der Waals surface area contributed by atoms with Crippen molar-refractivity contribution in [1.82, 2.24) is 10.6 Å². The minimum absolute atomic E-state index is 0.443. The lowest BCUT2D eigenvalue weighted by molar-refractivity contribution is 0.0831. The van der Waals surface area contributed by atoms with E-state index in [9.17, 15) is 0 Å². The van der Waals surface area contributed by atoms with Crippen LogP contribution < -0.4 is 10.6 Å². The standard InChI is InChI=1S/C13H26N2O/c1-10-5-4-8-14-12(10)9-15-11-6-3-7-13(11)16-2/h10-15H,3-9H2,1-2H3. The summed E-state index contributed by atoms with van der Waals surface area (Å²) in [6.07, 6.45) is 6.96. The number of nitrogens with one attached hydrogen (secondary N) is 2. The molecule has 16 heavy (non-hydrogen) atoms. The average Bonchev–Trinajstić information content (AvgIpc) is 2.75. The van der Waals surface area contributed by atoms with Gasteiger partial charge in [0.1, 0.15) is 0 Å². The molecule has 1 saturated carbocycles. The summed E-state index contributed by atoms with van der Waals surface area (Å²) < 4.78 is 5.51. The fraction of sp³-hybridized carbons (Fsp3) is 1.00. The zero-order chi connectivity index (χ0) is 11.4. The maximum Gasteiger partial charge on any atom is 0.0724 e. The highest BCUT2D eigenvalue weighted by Gasteiger charge is 2.28. The highest BCUT2D eigenvalue weighted by Crippen LogP contribution is 2.22. The van der Waals surface area contributed by atoms with Gasteiger partial charge in [0.05, 0.1) is 6.10 Å². The predicted octanol–water partition coefficient (Wildman–Crippen LogP) is 1.53. The first-order chi connectivity index (χ1) is 7.81. The van der Waals surface area contributed by atoms with Gasteiger partial charge in [0, 0.05) is 25.7 Å². The van der Waals surface area contributed by atoms with Crippen LogP contribution in [-0.4, -0.2) is 38.4 Å². The summed E-state index contributed by atoms with van der Waals surface area (Å²) in [6.45, 7) is 4.65. The van der Waals surface area contributed by atoms with E-state index >= 15 is 0 Å². The van der Waals surface area contributed by atoms with E-state index < -0.39 is 0 Å². The quantitative estimate of drug-likeness (QED) is 0.763. The van der Waals surface area contributed by atoms with Crippen LogP contribution in [0.4, 0.5) is 0 Å². The molecule has 4 atom stereocenters. The van der Waals surface area contributed by atoms with Crippen LogP contribution in [0.3, 0.4) is 0 Å². The van der Waals surface area contributed by atoms with Gasteiger partial charge in [-0.05, 0) is 44.6 Å². The molecule has 3 heteroatoms. The Kier molecular flexibility index (Phi) is 4.62. The lowest BCUT2D eigenvalue weighted by atomic mass is 9.92. The largest absolute Gasteiger partial charge is 0.380 e.